The van der Waals surface area contributed by atoms with Gasteiger partial charge in [0.15, 0.2) is 11.7 Å². The number of halogens is 3. The van der Waals surface area contributed by atoms with Gasteiger partial charge < -0.3 is 10.1 Å². The number of carbonyl (C=O) groups excluding carboxylic acids is 2. The number of aromatic nitrogens is 1. The summed E-state index contributed by atoms with van der Waals surface area (Å²) in [5, 5.41) is 10.3. The molecule has 0 saturated carbocycles. The van der Waals surface area contributed by atoms with Crippen molar-refractivity contribution in [3.8, 4) is 5.88 Å². The summed E-state index contributed by atoms with van der Waals surface area (Å²) in [5.74, 6) is -1.32. The molecule has 5 nitrogen and oxygen atoms in total. The molecule has 8 heteroatoms. The molecule has 4 rings (SSSR count). The molecule has 0 aliphatic carbocycles. The van der Waals surface area contributed by atoms with Crippen LogP contribution in [0.25, 0.3) is 10.9 Å². The summed E-state index contributed by atoms with van der Waals surface area (Å²) in [6.07, 6.45) is -4.63. The third kappa shape index (κ3) is 2.52. The number of benzene rings is 2. The van der Waals surface area contributed by atoms with Gasteiger partial charge in [0.2, 0.25) is 5.78 Å². The molecule has 1 aliphatic rings. The van der Waals surface area contributed by atoms with Gasteiger partial charge in [0.05, 0.1) is 22.3 Å². The maximum absolute atomic E-state index is 13.2. The zero-order valence-corrected chi connectivity index (χ0v) is 13.8. The predicted octanol–water partition coefficient (Wildman–Crippen LogP) is 4.41. The summed E-state index contributed by atoms with van der Waals surface area (Å²) in [4.78, 5) is 30.7. The highest BCUT2D eigenvalue weighted by Gasteiger charge is 2.36. The van der Waals surface area contributed by atoms with Crippen molar-refractivity contribution in [3.05, 3.63) is 58.7 Å². The number of ketones is 2. The first-order chi connectivity index (χ1) is 12.7. The second kappa shape index (κ2) is 5.54. The van der Waals surface area contributed by atoms with E-state index in [2.05, 4.69) is 9.98 Å². The summed E-state index contributed by atoms with van der Waals surface area (Å²) in [6, 6.07) is 7.81. The van der Waals surface area contributed by atoms with Crippen molar-refractivity contribution >= 4 is 33.9 Å². The Kier molecular flexibility index (Phi) is 3.49. The number of rotatable bonds is 2. The van der Waals surface area contributed by atoms with Crippen LogP contribution in [-0.2, 0) is 6.18 Å². The molecule has 136 valence electrons. The van der Waals surface area contributed by atoms with Crippen molar-refractivity contribution in [2.24, 2.45) is 4.99 Å². The van der Waals surface area contributed by atoms with Crippen LogP contribution in [0.4, 0.5) is 18.9 Å². The van der Waals surface area contributed by atoms with Gasteiger partial charge in [-0.2, -0.15) is 13.2 Å². The van der Waals surface area contributed by atoms with Crippen LogP contribution in [0.5, 0.6) is 5.88 Å². The Hall–Kier alpha value is -3.42. The monoisotopic (exact) mass is 372 g/mol. The van der Waals surface area contributed by atoms with Gasteiger partial charge in [0, 0.05) is 16.5 Å². The third-order valence-corrected chi connectivity index (χ3v) is 4.45. The Morgan fingerprint density at radius 3 is 2.59 bits per heavy atom. The number of aromatic hydroxyl groups is 1. The van der Waals surface area contributed by atoms with E-state index < -0.39 is 23.4 Å². The minimum Gasteiger partial charge on any atom is -0.494 e. The van der Waals surface area contributed by atoms with E-state index in [0.29, 0.717) is 5.56 Å². The maximum Gasteiger partial charge on any atom is 0.418 e. The number of nitrogens with zero attached hydrogens (tertiary/aromatic N) is 1. The van der Waals surface area contributed by atoms with Crippen LogP contribution in [0.3, 0.4) is 0 Å². The van der Waals surface area contributed by atoms with Gasteiger partial charge in [-0.25, -0.2) is 4.99 Å². The van der Waals surface area contributed by atoms with E-state index in [4.69, 9.17) is 0 Å². The van der Waals surface area contributed by atoms with E-state index in [1.165, 1.54) is 37.3 Å². The predicted molar refractivity (Wildman–Crippen MR) is 91.9 cm³/mol. The fourth-order valence-electron chi connectivity index (χ4n) is 3.18. The molecule has 2 aromatic carbocycles. The van der Waals surface area contributed by atoms with Crippen LogP contribution in [-0.4, -0.2) is 27.4 Å². The highest BCUT2D eigenvalue weighted by molar-refractivity contribution is 6.56. The summed E-state index contributed by atoms with van der Waals surface area (Å²) in [5.41, 5.74) is -0.735. The van der Waals surface area contributed by atoms with Crippen LogP contribution in [0.2, 0.25) is 0 Å². The fraction of sp³-hybridized carbons (Fsp3) is 0.105. The summed E-state index contributed by atoms with van der Waals surface area (Å²) in [7, 11) is 0. The molecule has 0 spiro atoms. The fourth-order valence-corrected chi connectivity index (χ4v) is 3.18. The molecular weight excluding hydrogens is 361 g/mol. The van der Waals surface area contributed by atoms with Crippen LogP contribution < -0.4 is 0 Å². The average molecular weight is 372 g/mol. The molecule has 2 heterocycles. The lowest BCUT2D eigenvalue weighted by molar-refractivity contribution is -0.136. The summed E-state index contributed by atoms with van der Waals surface area (Å²) < 4.78 is 39.7. The van der Waals surface area contributed by atoms with Crippen molar-refractivity contribution in [1.82, 2.24) is 4.98 Å². The largest absolute Gasteiger partial charge is 0.494 e. The van der Waals surface area contributed by atoms with Crippen LogP contribution in [0, 0.1) is 0 Å². The lowest BCUT2D eigenvalue weighted by Gasteiger charge is -2.07. The number of aliphatic imine (C=N–C) groups is 1. The molecule has 0 radical (unpaired) electrons. The first kappa shape index (κ1) is 17.0. The van der Waals surface area contributed by atoms with E-state index in [1.807, 2.05) is 0 Å². The molecular formula is C19H11F3N2O3. The lowest BCUT2D eigenvalue weighted by atomic mass is 9.99. The van der Waals surface area contributed by atoms with Crippen LogP contribution in [0.1, 0.15) is 38.8 Å². The topological polar surface area (TPSA) is 82.5 Å². The van der Waals surface area contributed by atoms with Gasteiger partial charge in [0.25, 0.3) is 0 Å². The number of aromatic amines is 1. The minimum atomic E-state index is -4.63. The lowest BCUT2D eigenvalue weighted by Crippen LogP contribution is -2.11. The Bertz CT molecular complexity index is 1170. The Morgan fingerprint density at radius 1 is 1.19 bits per heavy atom. The van der Waals surface area contributed by atoms with Crippen LogP contribution in [0.15, 0.2) is 41.4 Å². The molecule has 0 saturated heterocycles. The Morgan fingerprint density at radius 2 is 1.93 bits per heavy atom. The normalized spacial score (nSPS) is 13.8. The first-order valence-electron chi connectivity index (χ1n) is 7.88. The number of carbonyl (C=O) groups is 2. The summed E-state index contributed by atoms with van der Waals surface area (Å²) >= 11 is 0. The van der Waals surface area contributed by atoms with Crippen molar-refractivity contribution in [2.45, 2.75) is 13.1 Å². The van der Waals surface area contributed by atoms with Gasteiger partial charge in [0.1, 0.15) is 5.71 Å². The van der Waals surface area contributed by atoms with Crippen molar-refractivity contribution in [1.29, 1.82) is 0 Å². The highest BCUT2D eigenvalue weighted by atomic mass is 19.4. The number of hydrogen-bond acceptors (Lipinski definition) is 4. The van der Waals surface area contributed by atoms with Crippen LogP contribution >= 0.6 is 0 Å². The molecule has 0 amide bonds. The van der Waals surface area contributed by atoms with Gasteiger partial charge in [-0.15, -0.1) is 0 Å². The maximum atomic E-state index is 13.2. The number of para-hydroxylation sites is 1. The smallest absolute Gasteiger partial charge is 0.418 e. The minimum absolute atomic E-state index is 0.0361. The number of alkyl halides is 3. The molecule has 1 aliphatic heterocycles. The molecule has 0 unspecified atom stereocenters. The molecule has 2 N–H and O–H groups in total. The SMILES string of the molecule is CC(=O)c1ccc2c(c1)N=C(c1c(O)[nH]c3c(C(F)(F)F)cccc13)C2=O. The highest BCUT2D eigenvalue weighted by Crippen LogP contribution is 2.40. The second-order valence-electron chi connectivity index (χ2n) is 6.15. The third-order valence-electron chi connectivity index (χ3n) is 4.45. The zero-order chi connectivity index (χ0) is 19.5. The number of nitrogens with one attached hydrogen (secondary N) is 1. The van der Waals surface area contributed by atoms with E-state index in [1.54, 1.807) is 0 Å². The van der Waals surface area contributed by atoms with Gasteiger partial charge in [-0.05, 0) is 25.1 Å². The Balaban J connectivity index is 1.93. The average Bonchev–Trinajstić information content (AvgIpc) is 3.09. The number of Topliss-reactive ketones (excluding diaryl/α,β-unsaturated/α-hetero) is 2. The van der Waals surface area contributed by atoms with Crippen molar-refractivity contribution in [3.63, 3.8) is 0 Å². The van der Waals surface area contributed by atoms with Gasteiger partial charge >= 0.3 is 6.18 Å². The molecule has 3 aromatic rings. The quantitative estimate of drug-likeness (QED) is 0.654. The zero-order valence-electron chi connectivity index (χ0n) is 13.8. The number of fused-ring (bicyclic) bond motifs is 2. The van der Waals surface area contributed by atoms with E-state index in [9.17, 15) is 27.9 Å². The Labute approximate surface area is 150 Å². The standard InChI is InChI=1S/C19H11F3N2O3/c1-8(25)9-5-6-10-13(7-9)23-16(17(10)26)14-11-3-2-4-12(19(20,21)22)15(11)24-18(14)27/h2-7,24,27H,1H3. The number of hydrogen-bond donors (Lipinski definition) is 2. The van der Waals surface area contributed by atoms with Gasteiger partial charge in [-0.3, -0.25) is 9.59 Å². The first-order valence-corrected chi connectivity index (χ1v) is 7.88. The van der Waals surface area contributed by atoms with Crippen molar-refractivity contribution in [2.75, 3.05) is 0 Å². The van der Waals surface area contributed by atoms with Crippen molar-refractivity contribution < 1.29 is 27.9 Å². The molecule has 1 aromatic heterocycles. The van der Waals surface area contributed by atoms with E-state index in [-0.39, 0.29) is 39.2 Å². The molecule has 27 heavy (non-hydrogen) atoms. The number of H-pyrrole nitrogens is 1. The van der Waals surface area contributed by atoms with Gasteiger partial charge in [-0.1, -0.05) is 18.2 Å². The molecule has 0 atom stereocenters. The second-order valence-corrected chi connectivity index (χ2v) is 6.15. The molecule has 0 bridgehead atoms. The van der Waals surface area contributed by atoms with E-state index >= 15 is 0 Å². The molecule has 0 fully saturated rings. The van der Waals surface area contributed by atoms with E-state index in [0.717, 1.165) is 6.07 Å². The summed E-state index contributed by atoms with van der Waals surface area (Å²) in [6.45, 7) is 1.37.